The summed E-state index contributed by atoms with van der Waals surface area (Å²) in [4.78, 5) is 28.3. The smallest absolute Gasteiger partial charge is 0.240 e. The molecule has 148 valence electrons. The van der Waals surface area contributed by atoms with Crippen LogP contribution in [0.1, 0.15) is 83.3 Å². The number of carbonyl (C=O) groups excluding carboxylic acids is 2. The zero-order valence-electron chi connectivity index (χ0n) is 17.5. The number of anilines is 1. The highest BCUT2D eigenvalue weighted by molar-refractivity contribution is 6.13. The second-order valence-electron chi connectivity index (χ2n) is 9.16. The van der Waals surface area contributed by atoms with Gasteiger partial charge < -0.3 is 10.2 Å². The highest BCUT2D eigenvalue weighted by atomic mass is 16.2. The Morgan fingerprint density at radius 2 is 1.70 bits per heavy atom. The Hall–Kier alpha value is -1.84. The normalized spacial score (nSPS) is 21.4. The first-order valence-corrected chi connectivity index (χ1v) is 10.5. The Morgan fingerprint density at radius 3 is 2.19 bits per heavy atom. The molecular formula is C23H34N2O2. The Kier molecular flexibility index (Phi) is 5.64. The molecule has 1 N–H and O–H groups in total. The highest BCUT2D eigenvalue weighted by Crippen LogP contribution is 2.49. The van der Waals surface area contributed by atoms with Crippen LogP contribution in [-0.4, -0.2) is 29.8 Å². The summed E-state index contributed by atoms with van der Waals surface area (Å²) in [5.74, 6) is 1.08. The molecule has 1 saturated carbocycles. The van der Waals surface area contributed by atoms with E-state index in [1.165, 1.54) is 6.42 Å². The minimum absolute atomic E-state index is 0.0414. The molecule has 0 bridgehead atoms. The van der Waals surface area contributed by atoms with Crippen molar-refractivity contribution in [1.29, 1.82) is 0 Å². The first-order valence-electron chi connectivity index (χ1n) is 10.5. The average Bonchev–Trinajstić information content (AvgIpc) is 3.42. The largest absolute Gasteiger partial charge is 0.342 e. The lowest BCUT2D eigenvalue weighted by molar-refractivity contribution is -0.143. The van der Waals surface area contributed by atoms with Crippen LogP contribution in [0.4, 0.5) is 5.69 Å². The summed E-state index contributed by atoms with van der Waals surface area (Å²) in [6.07, 6.45) is 3.55. The van der Waals surface area contributed by atoms with Gasteiger partial charge in [-0.2, -0.15) is 0 Å². The lowest BCUT2D eigenvalue weighted by atomic mass is 9.91. The molecule has 1 aliphatic carbocycles. The first kappa shape index (κ1) is 19.9. The fourth-order valence-electron chi connectivity index (χ4n) is 4.27. The van der Waals surface area contributed by atoms with Crippen LogP contribution in [0.2, 0.25) is 0 Å². The average molecular weight is 371 g/mol. The van der Waals surface area contributed by atoms with Gasteiger partial charge in [-0.15, -0.1) is 0 Å². The van der Waals surface area contributed by atoms with Gasteiger partial charge in [0.15, 0.2) is 0 Å². The number of nitrogens with one attached hydrogen (secondary N) is 1. The van der Waals surface area contributed by atoms with Gasteiger partial charge in [0.2, 0.25) is 11.8 Å². The molecular weight excluding hydrogens is 336 g/mol. The summed E-state index contributed by atoms with van der Waals surface area (Å²) in [6, 6.07) is 6.23. The molecule has 1 unspecified atom stereocenters. The summed E-state index contributed by atoms with van der Waals surface area (Å²) in [6.45, 7) is 12.3. The molecule has 0 radical (unpaired) electrons. The number of benzene rings is 1. The van der Waals surface area contributed by atoms with Gasteiger partial charge in [-0.1, -0.05) is 52.8 Å². The van der Waals surface area contributed by atoms with Crippen LogP contribution in [0.15, 0.2) is 18.2 Å². The van der Waals surface area contributed by atoms with Crippen molar-refractivity contribution in [2.45, 2.75) is 72.1 Å². The fraction of sp³-hybridized carbons (Fsp3) is 0.652. The molecule has 4 nitrogen and oxygen atoms in total. The number of nitrogens with zero attached hydrogens (tertiary/aromatic N) is 1. The SMILES string of the molecule is CC1CCCN(C(=O)C2(C(=O)Nc3c(C(C)C)cccc3C(C)C)CC2)C1. The van der Waals surface area contributed by atoms with E-state index in [-0.39, 0.29) is 11.8 Å². The van der Waals surface area contributed by atoms with E-state index in [2.05, 4.69) is 58.1 Å². The van der Waals surface area contributed by atoms with Crippen molar-refractivity contribution in [2.75, 3.05) is 18.4 Å². The Labute approximate surface area is 163 Å². The Bertz CT molecular complexity index is 693. The molecule has 2 amide bonds. The van der Waals surface area contributed by atoms with Crippen molar-refractivity contribution in [2.24, 2.45) is 11.3 Å². The van der Waals surface area contributed by atoms with E-state index >= 15 is 0 Å². The molecule has 1 aliphatic heterocycles. The number of rotatable bonds is 5. The highest BCUT2D eigenvalue weighted by Gasteiger charge is 2.58. The third-order valence-corrected chi connectivity index (χ3v) is 6.15. The number of piperidine rings is 1. The summed E-state index contributed by atoms with van der Waals surface area (Å²) >= 11 is 0. The maximum atomic E-state index is 13.3. The third kappa shape index (κ3) is 3.90. The van der Waals surface area contributed by atoms with Crippen molar-refractivity contribution in [3.63, 3.8) is 0 Å². The van der Waals surface area contributed by atoms with Crippen LogP contribution in [0.3, 0.4) is 0 Å². The van der Waals surface area contributed by atoms with Crippen molar-refractivity contribution in [3.05, 3.63) is 29.3 Å². The molecule has 2 fully saturated rings. The molecule has 2 aliphatic rings. The van der Waals surface area contributed by atoms with Crippen LogP contribution in [0, 0.1) is 11.3 Å². The van der Waals surface area contributed by atoms with Crippen LogP contribution >= 0.6 is 0 Å². The lowest BCUT2D eigenvalue weighted by Gasteiger charge is -2.33. The second-order valence-corrected chi connectivity index (χ2v) is 9.16. The summed E-state index contributed by atoms with van der Waals surface area (Å²) in [7, 11) is 0. The van der Waals surface area contributed by atoms with Gasteiger partial charge in [0, 0.05) is 18.8 Å². The maximum absolute atomic E-state index is 13.3. The number of carbonyl (C=O) groups is 2. The summed E-state index contributed by atoms with van der Waals surface area (Å²) in [5.41, 5.74) is 2.36. The molecule has 1 aromatic rings. The zero-order chi connectivity index (χ0) is 19.8. The second kappa shape index (κ2) is 7.65. The summed E-state index contributed by atoms with van der Waals surface area (Å²) in [5, 5.41) is 3.19. The third-order valence-electron chi connectivity index (χ3n) is 6.15. The van der Waals surface area contributed by atoms with Crippen molar-refractivity contribution in [3.8, 4) is 0 Å². The summed E-state index contributed by atoms with van der Waals surface area (Å²) < 4.78 is 0. The molecule has 1 saturated heterocycles. The van der Waals surface area contributed by atoms with Crippen molar-refractivity contribution in [1.82, 2.24) is 4.90 Å². The molecule has 1 atom stereocenters. The molecule has 4 heteroatoms. The van der Waals surface area contributed by atoms with E-state index < -0.39 is 5.41 Å². The molecule has 0 spiro atoms. The van der Waals surface area contributed by atoms with Gasteiger partial charge in [-0.25, -0.2) is 0 Å². The molecule has 1 aromatic carbocycles. The topological polar surface area (TPSA) is 49.4 Å². The Morgan fingerprint density at radius 1 is 1.11 bits per heavy atom. The number of hydrogen-bond acceptors (Lipinski definition) is 2. The number of hydrogen-bond donors (Lipinski definition) is 1. The molecule has 0 aromatic heterocycles. The first-order chi connectivity index (χ1) is 12.8. The standard InChI is InChI=1S/C23H34N2O2/c1-15(2)18-9-6-10-19(16(3)4)20(18)24-21(26)23(11-12-23)22(27)25-13-7-8-17(5)14-25/h6,9-10,15-17H,7-8,11-14H2,1-5H3,(H,24,26). The predicted octanol–water partition coefficient (Wildman–Crippen LogP) is 4.91. The molecule has 1 heterocycles. The molecule has 27 heavy (non-hydrogen) atoms. The van der Waals surface area contributed by atoms with Crippen LogP contribution in [0.25, 0.3) is 0 Å². The van der Waals surface area contributed by atoms with Crippen LogP contribution in [-0.2, 0) is 9.59 Å². The van der Waals surface area contributed by atoms with E-state index in [4.69, 9.17) is 0 Å². The van der Waals surface area contributed by atoms with E-state index in [9.17, 15) is 9.59 Å². The number of para-hydroxylation sites is 1. The van der Waals surface area contributed by atoms with E-state index in [1.807, 2.05) is 4.90 Å². The Balaban J connectivity index is 1.84. The predicted molar refractivity (Wildman–Crippen MR) is 110 cm³/mol. The van der Waals surface area contributed by atoms with E-state index in [1.54, 1.807) is 0 Å². The zero-order valence-corrected chi connectivity index (χ0v) is 17.5. The maximum Gasteiger partial charge on any atom is 0.240 e. The van der Waals surface area contributed by atoms with Gasteiger partial charge in [0.1, 0.15) is 5.41 Å². The van der Waals surface area contributed by atoms with Gasteiger partial charge in [-0.3, -0.25) is 9.59 Å². The van der Waals surface area contributed by atoms with Crippen LogP contribution < -0.4 is 5.32 Å². The molecule has 3 rings (SSSR count). The van der Waals surface area contributed by atoms with Crippen LogP contribution in [0.5, 0.6) is 0 Å². The van der Waals surface area contributed by atoms with Gasteiger partial charge >= 0.3 is 0 Å². The monoisotopic (exact) mass is 370 g/mol. The number of likely N-dealkylation sites (tertiary alicyclic amines) is 1. The van der Waals surface area contributed by atoms with Crippen molar-refractivity contribution >= 4 is 17.5 Å². The van der Waals surface area contributed by atoms with Crippen molar-refractivity contribution < 1.29 is 9.59 Å². The minimum atomic E-state index is -0.838. The van der Waals surface area contributed by atoms with E-state index in [0.717, 1.165) is 36.3 Å². The van der Waals surface area contributed by atoms with E-state index in [0.29, 0.717) is 30.6 Å². The number of amides is 2. The van der Waals surface area contributed by atoms with Gasteiger partial charge in [-0.05, 0) is 54.6 Å². The van der Waals surface area contributed by atoms with Gasteiger partial charge in [0.25, 0.3) is 0 Å². The lowest BCUT2D eigenvalue weighted by Crippen LogP contribution is -2.47. The fourth-order valence-corrected chi connectivity index (χ4v) is 4.27. The van der Waals surface area contributed by atoms with Gasteiger partial charge in [0.05, 0.1) is 0 Å². The quantitative estimate of drug-likeness (QED) is 0.749. The minimum Gasteiger partial charge on any atom is -0.342 e.